The van der Waals surface area contributed by atoms with Gasteiger partial charge in [0.05, 0.1) is 5.71 Å². The zero-order chi connectivity index (χ0) is 14.5. The van der Waals surface area contributed by atoms with E-state index in [4.69, 9.17) is 9.94 Å². The normalized spacial score (nSPS) is 16.8. The third-order valence-corrected chi connectivity index (χ3v) is 3.40. The minimum absolute atomic E-state index is 0.113. The highest BCUT2D eigenvalue weighted by Crippen LogP contribution is 2.31. The number of nitrogens with one attached hydrogen (secondary N) is 1. The summed E-state index contributed by atoms with van der Waals surface area (Å²) in [5.74, 6) is 0.582. The minimum atomic E-state index is -0.539. The molecular formula is C15H20N2O3. The van der Waals surface area contributed by atoms with Gasteiger partial charge in [-0.25, -0.2) is 0 Å². The summed E-state index contributed by atoms with van der Waals surface area (Å²) < 4.78 is 5.76. The van der Waals surface area contributed by atoms with Gasteiger partial charge in [-0.1, -0.05) is 24.2 Å². The van der Waals surface area contributed by atoms with Gasteiger partial charge in [-0.2, -0.15) is 0 Å². The molecule has 1 unspecified atom stereocenters. The highest BCUT2D eigenvalue weighted by molar-refractivity contribution is 6.04. The van der Waals surface area contributed by atoms with Crippen molar-refractivity contribution in [1.82, 2.24) is 5.32 Å². The molecule has 1 amide bonds. The van der Waals surface area contributed by atoms with Gasteiger partial charge < -0.3 is 15.3 Å². The van der Waals surface area contributed by atoms with Crippen molar-refractivity contribution < 1.29 is 14.7 Å². The second-order valence-corrected chi connectivity index (χ2v) is 4.88. The third-order valence-electron chi connectivity index (χ3n) is 3.40. The molecular weight excluding hydrogens is 256 g/mol. The Kier molecular flexibility index (Phi) is 4.61. The maximum atomic E-state index is 11.8. The number of nitrogens with zero attached hydrogens (tertiary/aromatic N) is 1. The first kappa shape index (κ1) is 14.4. The Balaban J connectivity index is 2.11. The van der Waals surface area contributed by atoms with Crippen molar-refractivity contribution in [3.05, 3.63) is 29.3 Å². The van der Waals surface area contributed by atoms with E-state index in [9.17, 15) is 4.79 Å². The summed E-state index contributed by atoms with van der Waals surface area (Å²) in [6.45, 7) is 4.40. The molecule has 1 aliphatic rings. The second kappa shape index (κ2) is 6.41. The zero-order valence-corrected chi connectivity index (χ0v) is 11.8. The smallest absolute Gasteiger partial charge is 0.260 e. The summed E-state index contributed by atoms with van der Waals surface area (Å²) >= 11 is 0. The van der Waals surface area contributed by atoms with Gasteiger partial charge in [-0.3, -0.25) is 4.79 Å². The number of rotatable bonds is 5. The van der Waals surface area contributed by atoms with E-state index >= 15 is 0 Å². The minimum Gasteiger partial charge on any atom is -0.481 e. The van der Waals surface area contributed by atoms with Gasteiger partial charge in [0.2, 0.25) is 0 Å². The Morgan fingerprint density at radius 2 is 2.30 bits per heavy atom. The number of benzene rings is 1. The summed E-state index contributed by atoms with van der Waals surface area (Å²) in [4.78, 5) is 11.8. The Morgan fingerprint density at radius 1 is 1.50 bits per heavy atom. The van der Waals surface area contributed by atoms with E-state index in [0.29, 0.717) is 24.4 Å². The van der Waals surface area contributed by atoms with Crippen molar-refractivity contribution in [3.8, 4) is 5.75 Å². The van der Waals surface area contributed by atoms with Crippen LogP contribution in [0.4, 0.5) is 0 Å². The van der Waals surface area contributed by atoms with Crippen LogP contribution in [0.2, 0.25) is 0 Å². The highest BCUT2D eigenvalue weighted by atomic mass is 16.5. The predicted molar refractivity (Wildman–Crippen MR) is 76.5 cm³/mol. The fraction of sp³-hybridized carbons (Fsp3) is 0.467. The molecule has 0 saturated carbocycles. The topological polar surface area (TPSA) is 70.9 Å². The van der Waals surface area contributed by atoms with Crippen LogP contribution in [0.3, 0.4) is 0 Å². The largest absolute Gasteiger partial charge is 0.481 e. The molecule has 5 heteroatoms. The molecule has 0 aromatic heterocycles. The van der Waals surface area contributed by atoms with Gasteiger partial charge in [-0.15, -0.1) is 0 Å². The van der Waals surface area contributed by atoms with Crippen LogP contribution < -0.4 is 10.1 Å². The van der Waals surface area contributed by atoms with Crippen molar-refractivity contribution in [3.63, 3.8) is 0 Å². The molecule has 2 rings (SSSR count). The second-order valence-electron chi connectivity index (χ2n) is 4.88. The number of fused-ring (bicyclic) bond motifs is 1. The van der Waals surface area contributed by atoms with Crippen LogP contribution >= 0.6 is 0 Å². The maximum absolute atomic E-state index is 11.8. The van der Waals surface area contributed by atoms with Gasteiger partial charge in [0.1, 0.15) is 5.75 Å². The van der Waals surface area contributed by atoms with Crippen LogP contribution in [-0.4, -0.2) is 29.5 Å². The van der Waals surface area contributed by atoms with E-state index in [0.717, 1.165) is 24.0 Å². The highest BCUT2D eigenvalue weighted by Gasteiger charge is 2.23. The van der Waals surface area contributed by atoms with Crippen LogP contribution in [0, 0.1) is 0 Å². The lowest BCUT2D eigenvalue weighted by Crippen LogP contribution is -2.36. The monoisotopic (exact) mass is 276 g/mol. The molecule has 0 bridgehead atoms. The molecule has 1 aliphatic carbocycles. The molecule has 108 valence electrons. The summed E-state index contributed by atoms with van der Waals surface area (Å²) in [6.07, 6.45) is 1.83. The molecule has 0 aliphatic heterocycles. The number of ether oxygens (including phenoxy) is 1. The number of amides is 1. The number of oxime groups is 1. The molecule has 1 aromatic carbocycles. The Labute approximate surface area is 118 Å². The first-order valence-corrected chi connectivity index (χ1v) is 6.95. The molecule has 1 atom stereocenters. The van der Waals surface area contributed by atoms with Crippen molar-refractivity contribution in [1.29, 1.82) is 0 Å². The fourth-order valence-corrected chi connectivity index (χ4v) is 2.32. The van der Waals surface area contributed by atoms with Crippen molar-refractivity contribution >= 4 is 11.6 Å². The predicted octanol–water partition coefficient (Wildman–Crippen LogP) is 2.10. The van der Waals surface area contributed by atoms with Gasteiger partial charge in [0.25, 0.3) is 5.91 Å². The summed E-state index contributed by atoms with van der Waals surface area (Å²) in [5, 5.41) is 15.1. The Morgan fingerprint density at radius 3 is 3.00 bits per heavy atom. The number of hydrogen-bond donors (Lipinski definition) is 2. The molecule has 1 aromatic rings. The van der Waals surface area contributed by atoms with E-state index in [-0.39, 0.29) is 5.91 Å². The van der Waals surface area contributed by atoms with Crippen LogP contribution in [0.5, 0.6) is 5.75 Å². The van der Waals surface area contributed by atoms with E-state index in [1.54, 1.807) is 6.92 Å². The van der Waals surface area contributed by atoms with E-state index in [1.807, 2.05) is 25.1 Å². The van der Waals surface area contributed by atoms with E-state index in [1.165, 1.54) is 0 Å². The van der Waals surface area contributed by atoms with Crippen LogP contribution in [0.15, 0.2) is 23.4 Å². The van der Waals surface area contributed by atoms with Gasteiger partial charge >= 0.3 is 0 Å². The van der Waals surface area contributed by atoms with Gasteiger partial charge in [-0.05, 0) is 32.3 Å². The summed E-state index contributed by atoms with van der Waals surface area (Å²) in [6, 6.07) is 5.61. The van der Waals surface area contributed by atoms with Crippen LogP contribution in [0.1, 0.15) is 37.8 Å². The molecule has 0 fully saturated rings. The molecule has 5 nitrogen and oxygen atoms in total. The molecule has 0 radical (unpaired) electrons. The molecule has 0 heterocycles. The number of carbonyl (C=O) groups excluding carboxylic acids is 1. The number of hydrogen-bond acceptors (Lipinski definition) is 4. The molecule has 0 saturated heterocycles. The zero-order valence-electron chi connectivity index (χ0n) is 11.8. The molecule has 20 heavy (non-hydrogen) atoms. The lowest BCUT2D eigenvalue weighted by atomic mass is 10.1. The van der Waals surface area contributed by atoms with Gasteiger partial charge in [0.15, 0.2) is 6.10 Å². The third kappa shape index (κ3) is 2.92. The summed E-state index contributed by atoms with van der Waals surface area (Å²) in [7, 11) is 0. The molecule has 2 N–H and O–H groups in total. The standard InChI is InChI=1S/C15H20N2O3/c1-3-9-16-15(18)10(2)20-14-6-4-5-11-12(14)7-8-13(11)17-19/h4-6,10,19H,3,7-9H2,1-2H3,(H,16,18). The van der Waals surface area contributed by atoms with Crippen molar-refractivity contribution in [2.24, 2.45) is 5.16 Å². The SMILES string of the molecule is CCCNC(=O)C(C)Oc1cccc2c1CCC2=NO. The Bertz CT molecular complexity index is 526. The molecule has 0 spiro atoms. The van der Waals surface area contributed by atoms with Crippen LogP contribution in [-0.2, 0) is 11.2 Å². The van der Waals surface area contributed by atoms with Crippen molar-refractivity contribution in [2.45, 2.75) is 39.2 Å². The van der Waals surface area contributed by atoms with E-state index < -0.39 is 6.10 Å². The lowest BCUT2D eigenvalue weighted by molar-refractivity contribution is -0.127. The first-order chi connectivity index (χ1) is 9.67. The first-order valence-electron chi connectivity index (χ1n) is 6.95. The fourth-order valence-electron chi connectivity index (χ4n) is 2.32. The maximum Gasteiger partial charge on any atom is 0.260 e. The average molecular weight is 276 g/mol. The average Bonchev–Trinajstić information content (AvgIpc) is 2.88. The Hall–Kier alpha value is -2.04. The quantitative estimate of drug-likeness (QED) is 0.639. The number of carbonyl (C=O) groups is 1. The van der Waals surface area contributed by atoms with Crippen LogP contribution in [0.25, 0.3) is 0 Å². The van der Waals surface area contributed by atoms with Crippen molar-refractivity contribution in [2.75, 3.05) is 6.54 Å². The van der Waals surface area contributed by atoms with E-state index in [2.05, 4.69) is 10.5 Å². The summed E-state index contributed by atoms with van der Waals surface area (Å²) in [5.41, 5.74) is 2.59. The lowest BCUT2D eigenvalue weighted by Gasteiger charge is -2.16. The van der Waals surface area contributed by atoms with Gasteiger partial charge in [0, 0.05) is 17.7 Å².